The van der Waals surface area contributed by atoms with E-state index in [4.69, 9.17) is 17.1 Å². The van der Waals surface area contributed by atoms with E-state index in [0.29, 0.717) is 10.6 Å². The Bertz CT molecular complexity index is 891. The molecule has 0 radical (unpaired) electrons. The Morgan fingerprint density at radius 3 is 2.38 bits per heavy atom. The second kappa shape index (κ2) is 8.18. The summed E-state index contributed by atoms with van der Waals surface area (Å²) in [6, 6.07) is 12.2. The van der Waals surface area contributed by atoms with Crippen LogP contribution in [0.25, 0.3) is 0 Å². The van der Waals surface area contributed by atoms with Crippen molar-refractivity contribution in [3.05, 3.63) is 53.1 Å². The zero-order valence-corrected chi connectivity index (χ0v) is 16.1. The van der Waals surface area contributed by atoms with Gasteiger partial charge in [-0.05, 0) is 47.8 Å². The average Bonchev–Trinajstić information content (AvgIpc) is 2.92. The molecule has 0 saturated carbocycles. The van der Waals surface area contributed by atoms with E-state index in [1.165, 1.54) is 12.8 Å². The summed E-state index contributed by atoms with van der Waals surface area (Å²) in [5, 5.41) is 4.11. The van der Waals surface area contributed by atoms with Crippen LogP contribution in [0.5, 0.6) is 0 Å². The monoisotopic (exact) mass is 392 g/mol. The van der Waals surface area contributed by atoms with Crippen LogP contribution >= 0.6 is 11.6 Å². The molecule has 138 valence electrons. The van der Waals surface area contributed by atoms with E-state index >= 15 is 0 Å². The quantitative estimate of drug-likeness (QED) is 0.790. The summed E-state index contributed by atoms with van der Waals surface area (Å²) in [6.07, 6.45) is 4.66. The molecule has 2 N–H and O–H groups in total. The van der Waals surface area contributed by atoms with E-state index in [1.807, 2.05) is 6.07 Å². The summed E-state index contributed by atoms with van der Waals surface area (Å²) >= 11 is 6.14. The van der Waals surface area contributed by atoms with Crippen LogP contribution in [0.3, 0.4) is 0 Å². The molecule has 0 amide bonds. The van der Waals surface area contributed by atoms with Gasteiger partial charge in [0, 0.05) is 23.8 Å². The van der Waals surface area contributed by atoms with Crippen LogP contribution in [0.4, 0.5) is 11.4 Å². The minimum Gasteiger partial charge on any atom is -0.372 e. The van der Waals surface area contributed by atoms with Crippen molar-refractivity contribution in [2.75, 3.05) is 18.0 Å². The van der Waals surface area contributed by atoms with Crippen molar-refractivity contribution in [2.24, 2.45) is 5.11 Å². The molecule has 3 rings (SSSR count). The normalized spacial score (nSPS) is 15.5. The number of benzene rings is 2. The summed E-state index contributed by atoms with van der Waals surface area (Å²) < 4.78 is 26.1. The van der Waals surface area contributed by atoms with Crippen LogP contribution in [0.15, 0.2) is 52.5 Å². The van der Waals surface area contributed by atoms with Crippen molar-refractivity contribution in [3.8, 4) is 0 Å². The lowest BCUT2D eigenvalue weighted by atomic mass is 10.2. The zero-order valence-electron chi connectivity index (χ0n) is 14.6. The highest BCUT2D eigenvalue weighted by molar-refractivity contribution is 7.90. The number of halogens is 1. The van der Waals surface area contributed by atoms with Gasteiger partial charge >= 0.3 is 0 Å². The van der Waals surface area contributed by atoms with E-state index in [2.05, 4.69) is 10.0 Å². The standard InChI is InChI=1S/C19H22ClN3O2S/c20-17-8-4-3-7-15(17)14-26(24,25)19-13-16(9-10-18(19)22-21)23-11-5-1-2-6-12-23/h3-4,7-10,13,21H,1-2,5-6,11-12,14H2/p+1. The van der Waals surface area contributed by atoms with Crippen molar-refractivity contribution in [1.82, 2.24) is 0 Å². The highest BCUT2D eigenvalue weighted by atomic mass is 35.5. The lowest BCUT2D eigenvalue weighted by Crippen LogP contribution is -2.25. The topological polar surface area (TPSA) is 75.3 Å². The maximum absolute atomic E-state index is 13.0. The van der Waals surface area contributed by atoms with Gasteiger partial charge in [-0.2, -0.15) is 5.53 Å². The number of hydrogen-bond donors (Lipinski definition) is 1. The SMILES string of the molecule is [NH2+]=Nc1ccc(N2CCCCCC2)cc1S(=O)(=O)Cc1ccccc1Cl. The molecule has 1 saturated heterocycles. The van der Waals surface area contributed by atoms with Gasteiger partial charge in [0.2, 0.25) is 0 Å². The predicted molar refractivity (Wildman–Crippen MR) is 103 cm³/mol. The van der Waals surface area contributed by atoms with E-state index < -0.39 is 9.84 Å². The molecular formula is C19H23ClN3O2S+. The predicted octanol–water partition coefficient (Wildman–Crippen LogP) is 3.54. The fourth-order valence-corrected chi connectivity index (χ4v) is 5.12. The van der Waals surface area contributed by atoms with Crippen LogP contribution in [-0.4, -0.2) is 21.5 Å². The van der Waals surface area contributed by atoms with Crippen LogP contribution in [0.1, 0.15) is 31.2 Å². The van der Waals surface area contributed by atoms with E-state index in [9.17, 15) is 8.42 Å². The number of nitrogens with two attached hydrogens (primary N) is 1. The number of nitrogens with zero attached hydrogens (tertiary/aromatic N) is 2. The zero-order chi connectivity index (χ0) is 18.6. The molecule has 0 spiro atoms. The third kappa shape index (κ3) is 4.24. The molecule has 26 heavy (non-hydrogen) atoms. The Kier molecular flexibility index (Phi) is 5.94. The largest absolute Gasteiger partial charge is 0.372 e. The summed E-state index contributed by atoms with van der Waals surface area (Å²) in [5.41, 5.74) is 7.19. The maximum Gasteiger partial charge on any atom is 0.185 e. The van der Waals surface area contributed by atoms with Gasteiger partial charge in [-0.1, -0.05) is 42.6 Å². The first-order valence-corrected chi connectivity index (χ1v) is 10.8. The first kappa shape index (κ1) is 18.9. The van der Waals surface area contributed by atoms with Gasteiger partial charge in [-0.3, -0.25) is 0 Å². The molecule has 1 aliphatic rings. The van der Waals surface area contributed by atoms with Gasteiger partial charge in [0.1, 0.15) is 10.6 Å². The third-order valence-electron chi connectivity index (χ3n) is 4.69. The molecule has 1 fully saturated rings. The fourth-order valence-electron chi connectivity index (χ4n) is 3.28. The molecule has 0 atom stereocenters. The molecule has 0 aliphatic carbocycles. The van der Waals surface area contributed by atoms with Crippen molar-refractivity contribution >= 4 is 32.8 Å². The summed E-state index contributed by atoms with van der Waals surface area (Å²) in [7, 11) is -3.63. The smallest absolute Gasteiger partial charge is 0.185 e. The number of hydrogen-bond acceptors (Lipinski definition) is 4. The number of anilines is 1. The van der Waals surface area contributed by atoms with E-state index in [-0.39, 0.29) is 16.3 Å². The molecule has 1 aliphatic heterocycles. The van der Waals surface area contributed by atoms with Crippen LogP contribution < -0.4 is 10.4 Å². The van der Waals surface area contributed by atoms with E-state index in [1.54, 1.807) is 36.4 Å². The lowest BCUT2D eigenvalue weighted by molar-refractivity contribution is -0.210. The Morgan fingerprint density at radius 2 is 1.73 bits per heavy atom. The first-order valence-electron chi connectivity index (χ1n) is 8.77. The lowest BCUT2D eigenvalue weighted by Gasteiger charge is -2.23. The summed E-state index contributed by atoms with van der Waals surface area (Å²) in [6.45, 7) is 1.87. The van der Waals surface area contributed by atoms with Crippen molar-refractivity contribution in [2.45, 2.75) is 36.3 Å². The van der Waals surface area contributed by atoms with Gasteiger partial charge in [-0.25, -0.2) is 8.42 Å². The maximum atomic E-state index is 13.0. The Morgan fingerprint density at radius 1 is 1.04 bits per heavy atom. The molecule has 7 heteroatoms. The van der Waals surface area contributed by atoms with Crippen molar-refractivity contribution in [1.29, 1.82) is 0 Å². The Labute approximate surface area is 159 Å². The minimum atomic E-state index is -3.63. The molecule has 1 heterocycles. The second-order valence-electron chi connectivity index (χ2n) is 6.53. The highest BCUT2D eigenvalue weighted by Gasteiger charge is 2.23. The second-order valence-corrected chi connectivity index (χ2v) is 8.90. The van der Waals surface area contributed by atoms with Gasteiger partial charge in [0.25, 0.3) is 0 Å². The van der Waals surface area contributed by atoms with Gasteiger partial charge < -0.3 is 4.90 Å². The number of sulfone groups is 1. The molecule has 2 aromatic carbocycles. The third-order valence-corrected chi connectivity index (χ3v) is 6.75. The van der Waals surface area contributed by atoms with Crippen LogP contribution in [0.2, 0.25) is 5.02 Å². The molecular weight excluding hydrogens is 370 g/mol. The first-order chi connectivity index (χ1) is 12.5. The molecule has 2 aromatic rings. The molecule has 0 aromatic heterocycles. The molecule has 5 nitrogen and oxygen atoms in total. The average molecular weight is 393 g/mol. The van der Waals surface area contributed by atoms with Gasteiger partial charge in [0.05, 0.1) is 5.75 Å². The number of rotatable bonds is 5. The summed E-state index contributed by atoms with van der Waals surface area (Å²) in [4.78, 5) is 2.39. The fraction of sp³-hybridized carbons (Fsp3) is 0.368. The van der Waals surface area contributed by atoms with Gasteiger partial charge in [-0.15, -0.1) is 0 Å². The van der Waals surface area contributed by atoms with Crippen molar-refractivity contribution < 1.29 is 13.9 Å². The Balaban J connectivity index is 1.97. The molecule has 0 unspecified atom stereocenters. The van der Waals surface area contributed by atoms with Crippen LogP contribution in [0, 0.1) is 0 Å². The highest BCUT2D eigenvalue weighted by Crippen LogP contribution is 2.32. The van der Waals surface area contributed by atoms with E-state index in [0.717, 1.165) is 31.6 Å². The van der Waals surface area contributed by atoms with Crippen LogP contribution in [-0.2, 0) is 15.6 Å². The van der Waals surface area contributed by atoms with Crippen molar-refractivity contribution in [3.63, 3.8) is 0 Å². The summed E-state index contributed by atoms with van der Waals surface area (Å²) in [5.74, 6) is -0.182. The minimum absolute atomic E-state index is 0.154. The molecule has 0 bridgehead atoms. The Hall–Kier alpha value is -1.92. The van der Waals surface area contributed by atoms with Gasteiger partial charge in [0.15, 0.2) is 9.84 Å².